The molecule has 0 aliphatic carbocycles. The summed E-state index contributed by atoms with van der Waals surface area (Å²) in [5, 5.41) is 13.1. The summed E-state index contributed by atoms with van der Waals surface area (Å²) in [5.41, 5.74) is 8.30. The van der Waals surface area contributed by atoms with Gasteiger partial charge in [-0.15, -0.1) is 12.3 Å². The zero-order valence-electron chi connectivity index (χ0n) is 9.61. The highest BCUT2D eigenvalue weighted by atomic mass is 16.4. The van der Waals surface area contributed by atoms with Gasteiger partial charge >= 0.3 is 5.97 Å². The normalized spacial score (nSPS) is 11.2. The van der Waals surface area contributed by atoms with Crippen molar-refractivity contribution in [2.45, 2.75) is 38.1 Å². The van der Waals surface area contributed by atoms with Gasteiger partial charge in [0.05, 0.1) is 0 Å². The highest BCUT2D eigenvalue weighted by molar-refractivity contribution is 5.83. The molecule has 0 aliphatic rings. The van der Waals surface area contributed by atoms with Gasteiger partial charge < -0.3 is 21.1 Å². The number of hydrogen-bond donors (Lipinski definition) is 3. The summed E-state index contributed by atoms with van der Waals surface area (Å²) in [6.07, 6.45) is 7.44. The van der Waals surface area contributed by atoms with E-state index in [0.29, 0.717) is 13.0 Å². The van der Waals surface area contributed by atoms with Crippen LogP contribution in [0.1, 0.15) is 32.1 Å². The number of carboxylic acid groups (broad SMARTS) is 1. The lowest BCUT2D eigenvalue weighted by Crippen LogP contribution is -2.62. The fourth-order valence-electron chi connectivity index (χ4n) is 1.25. The molecule has 0 fully saturated rings. The SMILES string of the molecule is C#CCC(NC(=O)CCCCC[NH+]=[N-])C(=O)O. The Morgan fingerprint density at radius 3 is 2.65 bits per heavy atom. The fourth-order valence-corrected chi connectivity index (χ4v) is 1.25. The molecule has 1 atom stereocenters. The molecule has 6 nitrogen and oxygen atoms in total. The van der Waals surface area contributed by atoms with E-state index < -0.39 is 12.0 Å². The molecule has 0 saturated carbocycles. The maximum absolute atomic E-state index is 11.4. The summed E-state index contributed by atoms with van der Waals surface area (Å²) in [4.78, 5) is 22.1. The summed E-state index contributed by atoms with van der Waals surface area (Å²) in [6, 6.07) is -1.01. The molecule has 1 unspecified atom stereocenters. The molecule has 1 amide bonds. The van der Waals surface area contributed by atoms with E-state index in [9.17, 15) is 9.59 Å². The Hall–Kier alpha value is -1.90. The summed E-state index contributed by atoms with van der Waals surface area (Å²) >= 11 is 0. The quantitative estimate of drug-likeness (QED) is 0.280. The number of unbranched alkanes of at least 4 members (excludes halogenated alkanes) is 2. The van der Waals surface area contributed by atoms with Crippen LogP contribution < -0.4 is 10.4 Å². The van der Waals surface area contributed by atoms with Gasteiger partial charge in [-0.05, 0) is 12.8 Å². The van der Waals surface area contributed by atoms with Gasteiger partial charge in [-0.25, -0.2) is 4.79 Å². The Morgan fingerprint density at radius 1 is 1.41 bits per heavy atom. The number of carbonyl (C=O) groups is 2. The molecule has 94 valence electrons. The molecule has 0 heterocycles. The minimum Gasteiger partial charge on any atom is -0.509 e. The number of amides is 1. The first kappa shape index (κ1) is 15.1. The zero-order chi connectivity index (χ0) is 13.1. The molecule has 0 aromatic heterocycles. The Morgan fingerprint density at radius 2 is 2.12 bits per heavy atom. The van der Waals surface area contributed by atoms with Crippen molar-refractivity contribution in [1.82, 2.24) is 5.32 Å². The second-order valence-electron chi connectivity index (χ2n) is 3.59. The van der Waals surface area contributed by atoms with E-state index in [2.05, 4.69) is 11.2 Å². The smallest absolute Gasteiger partial charge is 0.327 e. The van der Waals surface area contributed by atoms with Gasteiger partial charge in [-0.1, -0.05) is 0 Å². The van der Waals surface area contributed by atoms with Crippen LogP contribution in [-0.2, 0) is 9.59 Å². The molecule has 17 heavy (non-hydrogen) atoms. The van der Waals surface area contributed by atoms with Crippen LogP contribution in [0.5, 0.6) is 0 Å². The number of terminal acetylenes is 1. The van der Waals surface area contributed by atoms with Crippen molar-refractivity contribution in [3.8, 4) is 12.3 Å². The van der Waals surface area contributed by atoms with Gasteiger partial charge in [0.25, 0.3) is 0 Å². The van der Waals surface area contributed by atoms with Crippen LogP contribution in [-0.4, -0.2) is 29.6 Å². The van der Waals surface area contributed by atoms with E-state index in [1.807, 2.05) is 5.11 Å². The third kappa shape index (κ3) is 7.96. The number of nitrogens with zero attached hydrogens (tertiary/aromatic N) is 1. The lowest BCUT2D eigenvalue weighted by Gasteiger charge is -2.11. The predicted molar refractivity (Wildman–Crippen MR) is 60.7 cm³/mol. The van der Waals surface area contributed by atoms with Crippen molar-refractivity contribution in [3.63, 3.8) is 0 Å². The number of hydrogen-bond acceptors (Lipinski definition) is 2. The van der Waals surface area contributed by atoms with Gasteiger partial charge in [0.15, 0.2) is 0 Å². The van der Waals surface area contributed by atoms with E-state index in [0.717, 1.165) is 12.8 Å². The standard InChI is InChI=1S/C11H17N3O3/c1-2-6-9(11(16)17)14-10(15)7-4-3-5-8-13-12/h1,9,13H,3-8H2,(H,14,15)(H,16,17). The lowest BCUT2D eigenvalue weighted by molar-refractivity contribution is -0.481. The molecule has 0 aliphatic heterocycles. The van der Waals surface area contributed by atoms with Crippen LogP contribution in [0.2, 0.25) is 0 Å². The highest BCUT2D eigenvalue weighted by Gasteiger charge is 2.17. The minimum atomic E-state index is -1.12. The molecule has 0 aromatic rings. The van der Waals surface area contributed by atoms with Crippen molar-refractivity contribution < 1.29 is 19.8 Å². The molecule has 0 aromatic carbocycles. The first-order chi connectivity index (χ1) is 8.11. The lowest BCUT2D eigenvalue weighted by atomic mass is 10.1. The van der Waals surface area contributed by atoms with Gasteiger partial charge in [0, 0.05) is 19.3 Å². The van der Waals surface area contributed by atoms with Crippen molar-refractivity contribution in [3.05, 3.63) is 5.53 Å². The third-order valence-electron chi connectivity index (χ3n) is 2.15. The zero-order valence-corrected chi connectivity index (χ0v) is 9.61. The average Bonchev–Trinajstić information content (AvgIpc) is 2.28. The van der Waals surface area contributed by atoms with E-state index in [-0.39, 0.29) is 18.7 Å². The first-order valence-corrected chi connectivity index (χ1v) is 5.44. The maximum Gasteiger partial charge on any atom is 0.327 e. The second-order valence-corrected chi connectivity index (χ2v) is 3.59. The number of carboxylic acids is 1. The van der Waals surface area contributed by atoms with Gasteiger partial charge in [0.2, 0.25) is 5.91 Å². The summed E-state index contributed by atoms with van der Waals surface area (Å²) in [7, 11) is 0. The Bertz CT molecular complexity index is 310. The maximum atomic E-state index is 11.4. The topological polar surface area (TPSA) is 103 Å². The average molecular weight is 239 g/mol. The van der Waals surface area contributed by atoms with E-state index in [4.69, 9.17) is 17.1 Å². The molecule has 3 N–H and O–H groups in total. The van der Waals surface area contributed by atoms with Crippen LogP contribution in [0, 0.1) is 12.3 Å². The molecular formula is C11H17N3O3. The molecule has 0 spiro atoms. The van der Waals surface area contributed by atoms with Gasteiger partial charge in [-0.3, -0.25) is 4.79 Å². The van der Waals surface area contributed by atoms with Crippen LogP contribution >= 0.6 is 0 Å². The summed E-state index contributed by atoms with van der Waals surface area (Å²) in [5.74, 6) is 0.767. The van der Waals surface area contributed by atoms with Crippen molar-refractivity contribution >= 4 is 11.9 Å². The Balaban J connectivity index is 3.79. The van der Waals surface area contributed by atoms with Gasteiger partial charge in [0.1, 0.15) is 12.6 Å². The van der Waals surface area contributed by atoms with Gasteiger partial charge in [-0.2, -0.15) is 0 Å². The third-order valence-corrected chi connectivity index (χ3v) is 2.15. The molecule has 0 saturated heterocycles. The Kier molecular flexibility index (Phi) is 8.29. The van der Waals surface area contributed by atoms with E-state index in [1.54, 1.807) is 0 Å². The van der Waals surface area contributed by atoms with Crippen molar-refractivity contribution in [2.24, 2.45) is 0 Å². The minimum absolute atomic E-state index is 0.0183. The monoisotopic (exact) mass is 239 g/mol. The van der Waals surface area contributed by atoms with Crippen molar-refractivity contribution in [1.29, 1.82) is 0 Å². The molecular weight excluding hydrogens is 222 g/mol. The molecule has 0 bridgehead atoms. The number of carbonyl (C=O) groups excluding carboxylic acids is 1. The Labute approximate surface area is 100 Å². The molecule has 0 rings (SSSR count). The van der Waals surface area contributed by atoms with E-state index >= 15 is 0 Å². The van der Waals surface area contributed by atoms with Crippen LogP contribution in [0.4, 0.5) is 0 Å². The fraction of sp³-hybridized carbons (Fsp3) is 0.636. The highest BCUT2D eigenvalue weighted by Crippen LogP contribution is 1.99. The van der Waals surface area contributed by atoms with Crippen LogP contribution in [0.15, 0.2) is 0 Å². The first-order valence-electron chi connectivity index (χ1n) is 5.44. The predicted octanol–water partition coefficient (Wildman–Crippen LogP) is -0.758. The molecule has 0 radical (unpaired) electrons. The van der Waals surface area contributed by atoms with Crippen LogP contribution in [0.25, 0.3) is 5.53 Å². The summed E-state index contributed by atoms with van der Waals surface area (Å²) < 4.78 is 0. The molecule has 6 heteroatoms. The number of rotatable bonds is 9. The second kappa shape index (κ2) is 9.33. The largest absolute Gasteiger partial charge is 0.509 e. The van der Waals surface area contributed by atoms with Crippen molar-refractivity contribution in [2.75, 3.05) is 6.54 Å². The summed E-state index contributed by atoms with van der Waals surface area (Å²) in [6.45, 7) is 0.483. The number of aliphatic carboxylic acids is 1. The van der Waals surface area contributed by atoms with E-state index in [1.165, 1.54) is 0 Å². The van der Waals surface area contributed by atoms with Crippen LogP contribution in [0.3, 0.4) is 0 Å². The number of nitrogens with one attached hydrogen (secondary N) is 2.